The number of Topliss-reactive ketones (excluding diaryl/α,β-unsaturated/α-hetero) is 1. The van der Waals surface area contributed by atoms with E-state index in [0.717, 1.165) is 10.6 Å². The van der Waals surface area contributed by atoms with E-state index in [-0.39, 0.29) is 43.8 Å². The molecule has 21 heteroatoms. The molecule has 0 spiro atoms. The van der Waals surface area contributed by atoms with E-state index in [0.29, 0.717) is 11.4 Å². The van der Waals surface area contributed by atoms with E-state index in [1.165, 1.54) is 52.3 Å². The van der Waals surface area contributed by atoms with Crippen LogP contribution in [-0.4, -0.2) is 183 Å². The number of hydrogen-bond acceptors (Lipinski definition) is 17. The molecule has 18 atom stereocenters. The fourth-order valence-corrected chi connectivity index (χ4v) is 11.2. The van der Waals surface area contributed by atoms with Crippen LogP contribution in [0.5, 0.6) is 0 Å². The molecule has 3 aliphatic rings. The van der Waals surface area contributed by atoms with Crippen LogP contribution in [0, 0.1) is 23.7 Å². The lowest BCUT2D eigenvalue weighted by Crippen LogP contribution is -2.62. The molecule has 396 valence electrons. The molecule has 0 aliphatic carbocycles. The summed E-state index contributed by atoms with van der Waals surface area (Å²) in [6, 6.07) is 5.49. The van der Waals surface area contributed by atoms with Gasteiger partial charge in [0.1, 0.15) is 36.2 Å². The van der Waals surface area contributed by atoms with Crippen LogP contribution in [0.1, 0.15) is 94.9 Å². The zero-order valence-electron chi connectivity index (χ0n) is 42.8. The third kappa shape index (κ3) is 13.9. The molecule has 1 aromatic carbocycles. The van der Waals surface area contributed by atoms with E-state index in [9.17, 15) is 43.2 Å². The number of nitrogens with zero attached hydrogens (tertiary/aromatic N) is 2. The summed E-state index contributed by atoms with van der Waals surface area (Å²) in [6.07, 6.45) is -9.43. The Morgan fingerprint density at radius 1 is 0.913 bits per heavy atom. The van der Waals surface area contributed by atoms with Gasteiger partial charge >= 0.3 is 5.97 Å². The molecule has 0 aromatic heterocycles. The molecule has 3 aliphatic heterocycles. The summed E-state index contributed by atoms with van der Waals surface area (Å²) in [5.41, 5.74) is -4.24. The maximum Gasteiger partial charge on any atom is 0.311 e. The summed E-state index contributed by atoms with van der Waals surface area (Å²) >= 11 is 6.00. The van der Waals surface area contributed by atoms with Gasteiger partial charge < -0.3 is 58.9 Å². The number of sulfonamides is 1. The van der Waals surface area contributed by atoms with E-state index in [4.69, 9.17) is 44.8 Å². The van der Waals surface area contributed by atoms with Crippen molar-refractivity contribution in [2.45, 2.75) is 179 Å². The van der Waals surface area contributed by atoms with Crippen LogP contribution >= 0.6 is 11.6 Å². The normalized spacial score (nSPS) is 39.9. The number of amides is 1. The Hall–Kier alpha value is -2.57. The third-order valence-corrected chi connectivity index (χ3v) is 16.2. The molecule has 3 fully saturated rings. The van der Waals surface area contributed by atoms with Crippen molar-refractivity contribution in [2.75, 3.05) is 51.5 Å². The van der Waals surface area contributed by atoms with Crippen LogP contribution in [0.3, 0.4) is 0 Å². The van der Waals surface area contributed by atoms with E-state index >= 15 is 0 Å². The first-order chi connectivity index (χ1) is 32.0. The molecule has 19 nitrogen and oxygen atoms in total. The number of carbonyl (C=O) groups excluding carboxylic acids is 3. The monoisotopic (exact) mass is 1020 g/mol. The number of rotatable bonds is 15. The van der Waals surface area contributed by atoms with Crippen LogP contribution in [0.4, 0.5) is 5.69 Å². The molecule has 3 saturated heterocycles. The zero-order chi connectivity index (χ0) is 52.1. The number of likely N-dealkylation sites (N-methyl/N-ethyl adjacent to an activating group) is 1. The molecular formula is C48H80ClN3O16S. The molecule has 1 amide bonds. The molecule has 5 N–H and O–H groups in total. The molecule has 0 radical (unpaired) electrons. The Bertz CT molecular complexity index is 1980. The van der Waals surface area contributed by atoms with Crippen molar-refractivity contribution >= 4 is 45.0 Å². The van der Waals surface area contributed by atoms with Gasteiger partial charge in [-0.15, -0.1) is 0 Å². The highest BCUT2D eigenvalue weighted by molar-refractivity contribution is 7.92. The van der Waals surface area contributed by atoms with Crippen molar-refractivity contribution in [3.63, 3.8) is 0 Å². The van der Waals surface area contributed by atoms with Gasteiger partial charge in [-0.1, -0.05) is 39.3 Å². The summed E-state index contributed by atoms with van der Waals surface area (Å²) < 4.78 is 70.6. The first-order valence-corrected chi connectivity index (χ1v) is 26.1. The number of carbonyl (C=O) groups is 3. The summed E-state index contributed by atoms with van der Waals surface area (Å²) in [6.45, 7) is 16.5. The SMILES string of the molecule is CC[C@H]1OC(=O)[C@H](C)[C@@H](O[C@H]2C[C@@](C)(OC)[C@@H](O)[C@H](C)O2)[C@H](C)[C@@H](O[C@H]2O[C@H](C)C[C@H](N(C)CCNC(=O)CN(c3ccc(Cl)cc3)S(C)(=O)=O)[C@H]2O)[C@](C)(OC)C[C@@H](C)C(=O)[C@H](C)[C@@H](O)[C@]1(C)O. The summed E-state index contributed by atoms with van der Waals surface area (Å²) in [4.78, 5) is 43.6. The van der Waals surface area contributed by atoms with Crippen LogP contribution in [0.25, 0.3) is 0 Å². The average molecular weight is 1020 g/mol. The molecule has 0 saturated carbocycles. The minimum Gasteiger partial charge on any atom is -0.459 e. The summed E-state index contributed by atoms with van der Waals surface area (Å²) in [7, 11) is 0.872. The van der Waals surface area contributed by atoms with E-state index in [1.807, 2.05) is 11.8 Å². The Morgan fingerprint density at radius 3 is 2.09 bits per heavy atom. The van der Waals surface area contributed by atoms with Gasteiger partial charge in [0.05, 0.1) is 59.6 Å². The summed E-state index contributed by atoms with van der Waals surface area (Å²) in [5.74, 6) is -5.55. The second-order valence-corrected chi connectivity index (χ2v) is 22.6. The first-order valence-electron chi connectivity index (χ1n) is 23.9. The van der Waals surface area contributed by atoms with Gasteiger partial charge in [-0.25, -0.2) is 8.42 Å². The van der Waals surface area contributed by atoms with Crippen LogP contribution in [-0.2, 0) is 57.6 Å². The number of ether oxygens (including phenoxy) is 7. The van der Waals surface area contributed by atoms with Crippen molar-refractivity contribution in [3.05, 3.63) is 29.3 Å². The van der Waals surface area contributed by atoms with Gasteiger partial charge in [-0.3, -0.25) is 23.6 Å². The number of anilines is 1. The molecule has 3 heterocycles. The zero-order valence-corrected chi connectivity index (χ0v) is 44.4. The third-order valence-electron chi connectivity index (χ3n) is 14.8. The maximum absolute atomic E-state index is 14.4. The second-order valence-electron chi connectivity index (χ2n) is 20.2. The van der Waals surface area contributed by atoms with Crippen molar-refractivity contribution in [1.82, 2.24) is 10.2 Å². The molecule has 0 bridgehead atoms. The van der Waals surface area contributed by atoms with Gasteiger partial charge in [-0.05, 0) is 92.1 Å². The number of cyclic esters (lactones) is 1. The average Bonchev–Trinajstić information content (AvgIpc) is 3.29. The minimum absolute atomic E-state index is 0.0143. The summed E-state index contributed by atoms with van der Waals surface area (Å²) in [5, 5.41) is 49.7. The molecule has 1 aromatic rings. The highest BCUT2D eigenvalue weighted by atomic mass is 35.5. The number of halogens is 1. The van der Waals surface area contributed by atoms with Crippen molar-refractivity contribution in [3.8, 4) is 0 Å². The number of esters is 1. The number of ketones is 1. The lowest BCUT2D eigenvalue weighted by Gasteiger charge is -2.50. The van der Waals surface area contributed by atoms with Crippen molar-refractivity contribution < 1.29 is 76.4 Å². The number of aliphatic hydroxyl groups excluding tert-OH is 3. The lowest BCUT2D eigenvalue weighted by molar-refractivity contribution is -0.319. The Labute approximate surface area is 413 Å². The first kappa shape index (κ1) is 59.0. The van der Waals surface area contributed by atoms with Crippen LogP contribution in [0.2, 0.25) is 5.02 Å². The highest BCUT2D eigenvalue weighted by Gasteiger charge is 2.54. The minimum atomic E-state index is -3.83. The Kier molecular flexibility index (Phi) is 20.5. The second kappa shape index (κ2) is 24.0. The number of hydrogen-bond donors (Lipinski definition) is 5. The van der Waals surface area contributed by atoms with Gasteiger partial charge in [-0.2, -0.15) is 0 Å². The van der Waals surface area contributed by atoms with E-state index < -0.39 is 136 Å². The lowest BCUT2D eigenvalue weighted by atomic mass is 9.74. The van der Waals surface area contributed by atoms with E-state index in [1.54, 1.807) is 55.5 Å². The predicted molar refractivity (Wildman–Crippen MR) is 257 cm³/mol. The fraction of sp³-hybridized carbons (Fsp3) is 0.812. The standard InChI is InChI=1S/C48H80ClN3O16S/c1-15-35-48(10,59)41(56)28(4)38(54)26(2)23-47(9,63-13)43(29(5)40(30(6)44(58)66-35)67-37-24-46(8,62-12)42(57)31(7)65-37)68-45-39(55)34(22-27(3)64-45)51(11)21-20-50-36(53)25-52(69(14,60)61)33-18-16-32(49)17-19-33/h16-19,26-31,34-35,37,39-43,45,55-57,59H,15,20-25H2,1-14H3,(H,50,53)/t26-,27-,28+,29+,30-,31+,34+,35-,37+,39-,40+,41-,42+,43-,45-,46-,47-,48-/m1/s1. The van der Waals surface area contributed by atoms with Gasteiger partial charge in [0.25, 0.3) is 0 Å². The van der Waals surface area contributed by atoms with Crippen LogP contribution in [0.15, 0.2) is 24.3 Å². The maximum atomic E-state index is 14.4. The Balaban J connectivity index is 1.70. The van der Waals surface area contributed by atoms with Gasteiger partial charge in [0.15, 0.2) is 12.6 Å². The predicted octanol–water partition coefficient (Wildman–Crippen LogP) is 3.05. The van der Waals surface area contributed by atoms with Crippen LogP contribution < -0.4 is 9.62 Å². The Morgan fingerprint density at radius 2 is 1.52 bits per heavy atom. The van der Waals surface area contributed by atoms with Crippen molar-refractivity contribution in [1.29, 1.82) is 0 Å². The quantitative estimate of drug-likeness (QED) is 0.158. The smallest absolute Gasteiger partial charge is 0.311 e. The molecule has 4 rings (SSSR count). The highest BCUT2D eigenvalue weighted by Crippen LogP contribution is 2.42. The molecular weight excluding hydrogens is 942 g/mol. The number of nitrogens with one attached hydrogen (secondary N) is 1. The fourth-order valence-electron chi connectivity index (χ4n) is 10.2. The number of methoxy groups -OCH3 is 2. The van der Waals surface area contributed by atoms with Gasteiger partial charge in [0.2, 0.25) is 15.9 Å². The molecule has 69 heavy (non-hydrogen) atoms. The number of aliphatic hydroxyl groups is 4. The van der Waals surface area contributed by atoms with Crippen molar-refractivity contribution in [2.24, 2.45) is 23.7 Å². The van der Waals surface area contributed by atoms with Gasteiger partial charge in [0, 0.05) is 62.5 Å². The number of benzene rings is 1. The molecule has 0 unspecified atom stereocenters. The largest absolute Gasteiger partial charge is 0.459 e. The topological polar surface area (TPSA) is 249 Å². The van der Waals surface area contributed by atoms with E-state index in [2.05, 4.69) is 5.32 Å².